The monoisotopic (exact) mass is 284 g/mol. The highest BCUT2D eigenvalue weighted by Gasteiger charge is 2.18. The Kier molecular flexibility index (Phi) is 3.97. The topological polar surface area (TPSA) is 31.4 Å². The van der Waals surface area contributed by atoms with Crippen molar-refractivity contribution >= 4 is 22.3 Å². The van der Waals surface area contributed by atoms with E-state index < -0.39 is 0 Å². The molecule has 0 atom stereocenters. The summed E-state index contributed by atoms with van der Waals surface area (Å²) >= 11 is 0. The predicted molar refractivity (Wildman–Crippen MR) is 90.2 cm³/mol. The predicted octanol–water partition coefficient (Wildman–Crippen LogP) is 2.81. The summed E-state index contributed by atoms with van der Waals surface area (Å²) in [5.41, 5.74) is 1.18. The van der Waals surface area contributed by atoms with Crippen LogP contribution in [0.5, 0.6) is 0 Å². The Labute approximate surface area is 126 Å². The van der Waals surface area contributed by atoms with Crippen molar-refractivity contribution in [3.05, 3.63) is 30.5 Å². The van der Waals surface area contributed by atoms with E-state index in [1.807, 2.05) is 6.20 Å². The van der Waals surface area contributed by atoms with Crippen LogP contribution in [0.25, 0.3) is 10.8 Å². The van der Waals surface area contributed by atoms with E-state index in [2.05, 4.69) is 60.3 Å². The molecule has 0 amide bonds. The first-order chi connectivity index (χ1) is 10.1. The van der Waals surface area contributed by atoms with Crippen LogP contribution in [0.4, 0.5) is 11.5 Å². The van der Waals surface area contributed by atoms with Crippen molar-refractivity contribution in [1.82, 2.24) is 9.88 Å². The Morgan fingerprint density at radius 2 is 1.86 bits per heavy atom. The molecule has 1 N–H and O–H groups in total. The number of anilines is 2. The van der Waals surface area contributed by atoms with Crippen molar-refractivity contribution in [2.24, 2.45) is 0 Å². The first kappa shape index (κ1) is 14.1. The number of pyridine rings is 1. The standard InChI is InChI=1S/C17H24N4/c1-13(2)19-15-6-4-5-14-7-8-18-17(16(14)15)21-11-9-20(3)10-12-21/h4-8,13,19H,9-12H2,1-3H3. The maximum absolute atomic E-state index is 4.69. The second-order valence-corrected chi connectivity index (χ2v) is 6.13. The molecule has 4 heteroatoms. The largest absolute Gasteiger partial charge is 0.382 e. The van der Waals surface area contributed by atoms with Gasteiger partial charge in [-0.2, -0.15) is 0 Å². The van der Waals surface area contributed by atoms with Gasteiger partial charge in [0.25, 0.3) is 0 Å². The van der Waals surface area contributed by atoms with Gasteiger partial charge in [0.2, 0.25) is 0 Å². The van der Waals surface area contributed by atoms with E-state index in [0.29, 0.717) is 6.04 Å². The smallest absolute Gasteiger partial charge is 0.138 e. The summed E-state index contributed by atoms with van der Waals surface area (Å²) in [5, 5.41) is 6.06. The average molecular weight is 284 g/mol. The van der Waals surface area contributed by atoms with E-state index in [1.54, 1.807) is 0 Å². The van der Waals surface area contributed by atoms with Gasteiger partial charge in [-0.25, -0.2) is 4.98 Å². The van der Waals surface area contributed by atoms with Crippen molar-refractivity contribution in [3.8, 4) is 0 Å². The molecule has 0 aliphatic carbocycles. The van der Waals surface area contributed by atoms with Crippen LogP contribution in [0.1, 0.15) is 13.8 Å². The molecule has 1 aromatic heterocycles. The fourth-order valence-electron chi connectivity index (χ4n) is 2.90. The molecule has 1 aliphatic rings. The molecule has 0 bridgehead atoms. The number of rotatable bonds is 3. The lowest BCUT2D eigenvalue weighted by Gasteiger charge is -2.34. The molecule has 1 fully saturated rings. The van der Waals surface area contributed by atoms with E-state index in [0.717, 1.165) is 32.0 Å². The quantitative estimate of drug-likeness (QED) is 0.939. The second kappa shape index (κ2) is 5.90. The van der Waals surface area contributed by atoms with Crippen molar-refractivity contribution in [2.75, 3.05) is 43.4 Å². The van der Waals surface area contributed by atoms with Gasteiger partial charge in [0.1, 0.15) is 5.82 Å². The summed E-state index contributed by atoms with van der Waals surface area (Å²) in [6, 6.07) is 8.95. The van der Waals surface area contributed by atoms with Crippen LogP contribution in [0, 0.1) is 0 Å². The summed E-state index contributed by atoms with van der Waals surface area (Å²) in [5.74, 6) is 1.12. The number of aromatic nitrogens is 1. The highest BCUT2D eigenvalue weighted by atomic mass is 15.3. The molecule has 4 nitrogen and oxygen atoms in total. The minimum absolute atomic E-state index is 0.413. The number of nitrogens with one attached hydrogen (secondary N) is 1. The fourth-order valence-corrected chi connectivity index (χ4v) is 2.90. The molecule has 112 valence electrons. The Morgan fingerprint density at radius 3 is 2.57 bits per heavy atom. The molecular weight excluding hydrogens is 260 g/mol. The highest BCUT2D eigenvalue weighted by molar-refractivity contribution is 6.02. The highest BCUT2D eigenvalue weighted by Crippen LogP contribution is 2.32. The number of hydrogen-bond acceptors (Lipinski definition) is 4. The van der Waals surface area contributed by atoms with E-state index in [1.165, 1.54) is 16.5 Å². The first-order valence-corrected chi connectivity index (χ1v) is 7.73. The lowest BCUT2D eigenvalue weighted by Crippen LogP contribution is -2.44. The number of piperazine rings is 1. The van der Waals surface area contributed by atoms with Crippen LogP contribution >= 0.6 is 0 Å². The van der Waals surface area contributed by atoms with Crippen molar-refractivity contribution < 1.29 is 0 Å². The van der Waals surface area contributed by atoms with Crippen LogP contribution in [-0.4, -0.2) is 49.2 Å². The van der Waals surface area contributed by atoms with Crippen molar-refractivity contribution in [3.63, 3.8) is 0 Å². The molecule has 0 saturated carbocycles. The third-order valence-electron chi connectivity index (χ3n) is 4.02. The Morgan fingerprint density at radius 1 is 1.10 bits per heavy atom. The molecule has 3 rings (SSSR count). The maximum Gasteiger partial charge on any atom is 0.138 e. The lowest BCUT2D eigenvalue weighted by atomic mass is 10.1. The molecule has 1 saturated heterocycles. The van der Waals surface area contributed by atoms with Gasteiger partial charge in [-0.05, 0) is 38.4 Å². The van der Waals surface area contributed by atoms with Gasteiger partial charge in [-0.15, -0.1) is 0 Å². The molecule has 2 heterocycles. The van der Waals surface area contributed by atoms with Crippen LogP contribution in [0.3, 0.4) is 0 Å². The Hall–Kier alpha value is -1.81. The van der Waals surface area contributed by atoms with Crippen molar-refractivity contribution in [2.45, 2.75) is 19.9 Å². The molecule has 21 heavy (non-hydrogen) atoms. The van der Waals surface area contributed by atoms with Crippen LogP contribution in [-0.2, 0) is 0 Å². The SMILES string of the molecule is CC(C)Nc1cccc2ccnc(N3CCN(C)CC3)c12. The van der Waals surface area contributed by atoms with E-state index in [-0.39, 0.29) is 0 Å². The number of hydrogen-bond donors (Lipinski definition) is 1. The zero-order valence-electron chi connectivity index (χ0n) is 13.1. The summed E-state index contributed by atoms with van der Waals surface area (Å²) < 4.78 is 0. The summed E-state index contributed by atoms with van der Waals surface area (Å²) in [6.45, 7) is 8.61. The van der Waals surface area contributed by atoms with Gasteiger partial charge < -0.3 is 15.1 Å². The molecule has 0 radical (unpaired) electrons. The molecule has 1 aliphatic heterocycles. The number of benzene rings is 1. The van der Waals surface area contributed by atoms with E-state index in [4.69, 9.17) is 4.98 Å². The second-order valence-electron chi connectivity index (χ2n) is 6.13. The Bertz CT molecular complexity index is 610. The van der Waals surface area contributed by atoms with Crippen LogP contribution in [0.2, 0.25) is 0 Å². The minimum atomic E-state index is 0.413. The molecular formula is C17H24N4. The van der Waals surface area contributed by atoms with E-state index >= 15 is 0 Å². The number of fused-ring (bicyclic) bond motifs is 1. The first-order valence-electron chi connectivity index (χ1n) is 7.73. The summed E-state index contributed by atoms with van der Waals surface area (Å²) in [7, 11) is 2.18. The summed E-state index contributed by atoms with van der Waals surface area (Å²) in [4.78, 5) is 9.47. The van der Waals surface area contributed by atoms with Crippen LogP contribution < -0.4 is 10.2 Å². The fraction of sp³-hybridized carbons (Fsp3) is 0.471. The Balaban J connectivity index is 2.05. The molecule has 1 aromatic carbocycles. The van der Waals surface area contributed by atoms with Gasteiger partial charge in [-0.1, -0.05) is 12.1 Å². The zero-order valence-corrected chi connectivity index (χ0v) is 13.1. The molecule has 0 spiro atoms. The normalized spacial score (nSPS) is 16.7. The van der Waals surface area contributed by atoms with E-state index in [9.17, 15) is 0 Å². The van der Waals surface area contributed by atoms with Gasteiger partial charge in [0.15, 0.2) is 0 Å². The molecule has 2 aromatic rings. The average Bonchev–Trinajstić information content (AvgIpc) is 2.47. The van der Waals surface area contributed by atoms with Gasteiger partial charge >= 0.3 is 0 Å². The lowest BCUT2D eigenvalue weighted by molar-refractivity contribution is 0.312. The minimum Gasteiger partial charge on any atom is -0.382 e. The molecule has 0 unspecified atom stereocenters. The van der Waals surface area contributed by atoms with Crippen molar-refractivity contribution in [1.29, 1.82) is 0 Å². The van der Waals surface area contributed by atoms with Gasteiger partial charge in [0.05, 0.1) is 0 Å². The summed E-state index contributed by atoms with van der Waals surface area (Å²) in [6.07, 6.45) is 1.93. The number of nitrogens with zero attached hydrogens (tertiary/aromatic N) is 3. The van der Waals surface area contributed by atoms with Gasteiger partial charge in [0, 0.05) is 49.5 Å². The zero-order chi connectivity index (χ0) is 14.8. The van der Waals surface area contributed by atoms with Gasteiger partial charge in [-0.3, -0.25) is 0 Å². The number of likely N-dealkylation sites (N-methyl/N-ethyl adjacent to an activating group) is 1. The maximum atomic E-state index is 4.69. The van der Waals surface area contributed by atoms with Crippen LogP contribution in [0.15, 0.2) is 30.5 Å². The third kappa shape index (κ3) is 2.95. The third-order valence-corrected chi connectivity index (χ3v) is 4.02.